The molecule has 1 N–H and O–H groups in total. The first kappa shape index (κ1) is 28.2. The van der Waals surface area contributed by atoms with Crippen molar-refractivity contribution in [1.29, 1.82) is 0 Å². The third-order valence-electron chi connectivity index (χ3n) is 8.61. The zero-order valence-corrected chi connectivity index (χ0v) is 25.2. The summed E-state index contributed by atoms with van der Waals surface area (Å²) >= 11 is 1.82. The first-order valence-electron chi connectivity index (χ1n) is 15.1. The summed E-state index contributed by atoms with van der Waals surface area (Å²) < 4.78 is 12.7. The van der Waals surface area contributed by atoms with Crippen molar-refractivity contribution in [3.63, 3.8) is 0 Å². The number of aliphatic hydroxyl groups is 1. The number of thiophene rings is 1. The van der Waals surface area contributed by atoms with E-state index in [0.717, 1.165) is 37.6 Å². The van der Waals surface area contributed by atoms with Gasteiger partial charge in [-0.25, -0.2) is 0 Å². The van der Waals surface area contributed by atoms with Gasteiger partial charge in [-0.05, 0) is 141 Å². The van der Waals surface area contributed by atoms with E-state index in [1.54, 1.807) is 7.11 Å². The molecule has 2 saturated heterocycles. The van der Waals surface area contributed by atoms with Gasteiger partial charge in [-0.1, -0.05) is 18.2 Å². The summed E-state index contributed by atoms with van der Waals surface area (Å²) in [5.74, 6) is 1.68. The molecule has 0 aliphatic carbocycles. The summed E-state index contributed by atoms with van der Waals surface area (Å²) in [5.41, 5.74) is 6.71. The minimum Gasteiger partial charge on any atom is -0.497 e. The second-order valence-corrected chi connectivity index (χ2v) is 12.7. The molecule has 1 atom stereocenters. The Bertz CT molecular complexity index is 1450. The molecule has 0 saturated carbocycles. The molecule has 6 rings (SSSR count). The van der Waals surface area contributed by atoms with Crippen LogP contribution in [0.15, 0.2) is 60.7 Å². The number of hydrogen-bond donors (Lipinski definition) is 1. The Labute approximate surface area is 248 Å². The molecule has 1 aromatic heterocycles. The van der Waals surface area contributed by atoms with Crippen molar-refractivity contribution in [3.8, 4) is 21.9 Å². The maximum Gasteiger partial charge on any atom is 0.120 e. The van der Waals surface area contributed by atoms with Crippen LogP contribution in [0.4, 0.5) is 0 Å². The van der Waals surface area contributed by atoms with Gasteiger partial charge in [0.15, 0.2) is 0 Å². The fourth-order valence-corrected chi connectivity index (χ4v) is 7.56. The first-order chi connectivity index (χ1) is 20.1. The van der Waals surface area contributed by atoms with Crippen molar-refractivity contribution in [3.05, 3.63) is 82.9 Å². The zero-order chi connectivity index (χ0) is 28.2. The molecule has 0 radical (unpaired) electrons. The van der Waals surface area contributed by atoms with Gasteiger partial charge in [-0.3, -0.25) is 4.90 Å². The molecule has 5 nitrogen and oxygen atoms in total. The number of hydrogen-bond acceptors (Lipinski definition) is 6. The van der Waals surface area contributed by atoms with Crippen LogP contribution < -0.4 is 9.47 Å². The number of fused-ring (bicyclic) bond motifs is 1. The number of benzene rings is 3. The standard InChI is InChI=1S/C35H42N2O3S/c1-25-19-26(7-8-28(25)22-36-15-3-4-16-36)20-33-32-14-13-31(39-2)21-34(32)41-35(33)27-9-11-30(12-10-27)40-24-29(38)23-37-17-5-6-18-37/h7-14,19,21,29,38H,3-6,15-18,20,22-24H2,1-2H3. The molecule has 41 heavy (non-hydrogen) atoms. The van der Waals surface area contributed by atoms with Gasteiger partial charge < -0.3 is 19.5 Å². The van der Waals surface area contributed by atoms with Crippen molar-refractivity contribution in [2.75, 3.05) is 46.4 Å². The molecule has 0 spiro atoms. The average Bonchev–Trinajstić information content (AvgIpc) is 3.76. The van der Waals surface area contributed by atoms with E-state index in [2.05, 4.69) is 65.3 Å². The molecule has 3 aromatic carbocycles. The third-order valence-corrected chi connectivity index (χ3v) is 9.85. The van der Waals surface area contributed by atoms with Gasteiger partial charge >= 0.3 is 0 Å². The van der Waals surface area contributed by atoms with Gasteiger partial charge in [0.05, 0.1) is 7.11 Å². The summed E-state index contributed by atoms with van der Waals surface area (Å²) in [5, 5.41) is 11.7. The highest BCUT2D eigenvalue weighted by atomic mass is 32.1. The Morgan fingerprint density at radius 2 is 1.56 bits per heavy atom. The number of aliphatic hydroxyl groups excluding tert-OH is 1. The lowest BCUT2D eigenvalue weighted by molar-refractivity contribution is 0.0758. The predicted octanol–water partition coefficient (Wildman–Crippen LogP) is 6.91. The predicted molar refractivity (Wildman–Crippen MR) is 169 cm³/mol. The maximum absolute atomic E-state index is 10.4. The van der Waals surface area contributed by atoms with E-state index in [9.17, 15) is 5.11 Å². The fraction of sp³-hybridized carbons (Fsp3) is 0.429. The first-order valence-corrected chi connectivity index (χ1v) is 15.9. The molecule has 2 aliphatic rings. The molecular formula is C35H42N2O3S. The van der Waals surface area contributed by atoms with E-state index in [-0.39, 0.29) is 0 Å². The van der Waals surface area contributed by atoms with E-state index < -0.39 is 6.10 Å². The molecule has 2 aliphatic heterocycles. The van der Waals surface area contributed by atoms with E-state index in [4.69, 9.17) is 9.47 Å². The topological polar surface area (TPSA) is 45.2 Å². The van der Waals surface area contributed by atoms with E-state index in [1.165, 1.54) is 81.6 Å². The number of likely N-dealkylation sites (tertiary alicyclic amines) is 2. The Morgan fingerprint density at radius 3 is 2.27 bits per heavy atom. The summed E-state index contributed by atoms with van der Waals surface area (Å²) in [6.07, 6.45) is 5.51. The molecule has 216 valence electrons. The summed E-state index contributed by atoms with van der Waals surface area (Å²) in [6, 6.07) is 21.8. The summed E-state index contributed by atoms with van der Waals surface area (Å²) in [4.78, 5) is 6.17. The van der Waals surface area contributed by atoms with Crippen LogP contribution in [0.25, 0.3) is 20.5 Å². The van der Waals surface area contributed by atoms with Gasteiger partial charge in [0.2, 0.25) is 0 Å². The largest absolute Gasteiger partial charge is 0.497 e. The lowest BCUT2D eigenvalue weighted by Gasteiger charge is -2.19. The van der Waals surface area contributed by atoms with Gasteiger partial charge in [-0.2, -0.15) is 0 Å². The molecular weight excluding hydrogens is 528 g/mol. The number of aryl methyl sites for hydroxylation is 1. The highest BCUT2D eigenvalue weighted by molar-refractivity contribution is 7.22. The van der Waals surface area contributed by atoms with Crippen LogP contribution in [-0.2, 0) is 13.0 Å². The number of methoxy groups -OCH3 is 1. The van der Waals surface area contributed by atoms with E-state index >= 15 is 0 Å². The Kier molecular flexibility index (Phi) is 8.92. The quantitative estimate of drug-likeness (QED) is 0.212. The number of nitrogens with zero attached hydrogens (tertiary/aromatic N) is 2. The number of ether oxygens (including phenoxy) is 2. The highest BCUT2D eigenvalue weighted by Crippen LogP contribution is 2.41. The Morgan fingerprint density at radius 1 is 0.854 bits per heavy atom. The highest BCUT2D eigenvalue weighted by Gasteiger charge is 2.18. The fourth-order valence-electron chi connectivity index (χ4n) is 6.31. The monoisotopic (exact) mass is 570 g/mol. The van der Waals surface area contributed by atoms with Crippen LogP contribution in [-0.4, -0.2) is 67.5 Å². The molecule has 0 bridgehead atoms. The maximum atomic E-state index is 10.4. The SMILES string of the molecule is COc1ccc2c(Cc3ccc(CN4CCCC4)c(C)c3)c(-c3ccc(OCC(O)CN4CCCC4)cc3)sc2c1. The molecule has 1 unspecified atom stereocenters. The van der Waals surface area contributed by atoms with Crippen LogP contribution in [0.2, 0.25) is 0 Å². The Hall–Kier alpha value is -2.90. The minimum absolute atomic E-state index is 0.316. The second-order valence-electron chi connectivity index (χ2n) is 11.7. The van der Waals surface area contributed by atoms with Crippen LogP contribution in [0.1, 0.15) is 47.9 Å². The molecule has 0 amide bonds. The average molecular weight is 571 g/mol. The van der Waals surface area contributed by atoms with Crippen molar-refractivity contribution in [1.82, 2.24) is 9.80 Å². The molecule has 6 heteroatoms. The molecule has 2 fully saturated rings. The van der Waals surface area contributed by atoms with Crippen molar-refractivity contribution in [2.24, 2.45) is 0 Å². The van der Waals surface area contributed by atoms with Crippen molar-refractivity contribution in [2.45, 2.75) is 51.7 Å². The van der Waals surface area contributed by atoms with E-state index in [1.807, 2.05) is 23.5 Å². The zero-order valence-electron chi connectivity index (χ0n) is 24.4. The second kappa shape index (κ2) is 13.0. The number of β-amino-alcohol motifs (C(OH)–C–C–N with tert-alkyl or cyclic N) is 1. The lowest BCUT2D eigenvalue weighted by atomic mass is 9.96. The van der Waals surface area contributed by atoms with E-state index in [0.29, 0.717) is 13.2 Å². The van der Waals surface area contributed by atoms with Gasteiger partial charge in [-0.15, -0.1) is 11.3 Å². The van der Waals surface area contributed by atoms with Crippen LogP contribution in [0.5, 0.6) is 11.5 Å². The van der Waals surface area contributed by atoms with Crippen molar-refractivity contribution >= 4 is 21.4 Å². The molecule has 4 aromatic rings. The summed E-state index contributed by atoms with van der Waals surface area (Å²) in [6.45, 7) is 8.92. The van der Waals surface area contributed by atoms with Crippen molar-refractivity contribution < 1.29 is 14.6 Å². The normalized spacial score (nSPS) is 17.0. The third kappa shape index (κ3) is 6.78. The smallest absolute Gasteiger partial charge is 0.120 e. The molecule has 3 heterocycles. The van der Waals surface area contributed by atoms with Gasteiger partial charge in [0.25, 0.3) is 0 Å². The minimum atomic E-state index is -0.470. The van der Waals surface area contributed by atoms with Crippen LogP contribution in [0.3, 0.4) is 0 Å². The number of rotatable bonds is 11. The van der Waals surface area contributed by atoms with Crippen LogP contribution >= 0.6 is 11.3 Å². The summed E-state index contributed by atoms with van der Waals surface area (Å²) in [7, 11) is 1.73. The lowest BCUT2D eigenvalue weighted by Crippen LogP contribution is -2.33. The van der Waals surface area contributed by atoms with Crippen LogP contribution in [0, 0.1) is 6.92 Å². The van der Waals surface area contributed by atoms with Gasteiger partial charge in [0, 0.05) is 22.7 Å². The van der Waals surface area contributed by atoms with Gasteiger partial charge in [0.1, 0.15) is 24.2 Å². The Balaban J connectivity index is 1.21.